The summed E-state index contributed by atoms with van der Waals surface area (Å²) in [6, 6.07) is 8.23. The van der Waals surface area contributed by atoms with E-state index in [0.717, 1.165) is 17.2 Å². The molecule has 3 aromatic rings. The standard InChI is InChI=1S/C13H12N2S2/c1-9-7-16-8-10(9)6-14-13-15-11-4-2-3-5-12(11)17-13/h2-5,7-8H,6H2,1H3,(H,14,15). The third-order valence-electron chi connectivity index (χ3n) is 2.69. The minimum Gasteiger partial charge on any atom is -0.357 e. The summed E-state index contributed by atoms with van der Waals surface area (Å²) >= 11 is 3.46. The molecule has 86 valence electrons. The van der Waals surface area contributed by atoms with E-state index >= 15 is 0 Å². The summed E-state index contributed by atoms with van der Waals surface area (Å²) in [5.74, 6) is 0. The zero-order valence-electron chi connectivity index (χ0n) is 9.43. The van der Waals surface area contributed by atoms with Gasteiger partial charge < -0.3 is 5.32 Å². The Balaban J connectivity index is 1.79. The molecule has 0 aliphatic carbocycles. The van der Waals surface area contributed by atoms with Crippen molar-refractivity contribution in [2.24, 2.45) is 0 Å². The molecule has 0 aliphatic heterocycles. The van der Waals surface area contributed by atoms with Crippen molar-refractivity contribution in [3.8, 4) is 0 Å². The smallest absolute Gasteiger partial charge is 0.184 e. The SMILES string of the molecule is Cc1cscc1CNc1nc2ccccc2s1. The molecule has 4 heteroatoms. The van der Waals surface area contributed by atoms with Crippen LogP contribution < -0.4 is 5.32 Å². The average molecular weight is 260 g/mol. The van der Waals surface area contributed by atoms with Gasteiger partial charge in [-0.25, -0.2) is 4.98 Å². The van der Waals surface area contributed by atoms with E-state index in [2.05, 4.69) is 34.1 Å². The van der Waals surface area contributed by atoms with Crippen molar-refractivity contribution in [1.29, 1.82) is 0 Å². The molecule has 2 heterocycles. The molecule has 0 unspecified atom stereocenters. The van der Waals surface area contributed by atoms with E-state index in [1.165, 1.54) is 15.8 Å². The first-order valence-corrected chi connectivity index (χ1v) is 7.20. The largest absolute Gasteiger partial charge is 0.357 e. The van der Waals surface area contributed by atoms with Crippen LogP contribution in [0.2, 0.25) is 0 Å². The van der Waals surface area contributed by atoms with Crippen LogP contribution in [0.3, 0.4) is 0 Å². The lowest BCUT2D eigenvalue weighted by Gasteiger charge is -2.00. The normalized spacial score (nSPS) is 10.9. The van der Waals surface area contributed by atoms with Gasteiger partial charge in [-0.3, -0.25) is 0 Å². The van der Waals surface area contributed by atoms with E-state index < -0.39 is 0 Å². The molecule has 0 spiro atoms. The topological polar surface area (TPSA) is 24.9 Å². The van der Waals surface area contributed by atoms with Crippen molar-refractivity contribution in [1.82, 2.24) is 4.98 Å². The Kier molecular flexibility index (Phi) is 2.82. The van der Waals surface area contributed by atoms with Gasteiger partial charge in [0.15, 0.2) is 5.13 Å². The van der Waals surface area contributed by atoms with Gasteiger partial charge in [-0.05, 0) is 40.9 Å². The molecular weight excluding hydrogens is 248 g/mol. The van der Waals surface area contributed by atoms with Gasteiger partial charge in [-0.15, -0.1) is 0 Å². The predicted molar refractivity (Wildman–Crippen MR) is 76.0 cm³/mol. The molecule has 0 aliphatic rings. The average Bonchev–Trinajstić information content (AvgIpc) is 2.92. The Morgan fingerprint density at radius 2 is 2.12 bits per heavy atom. The third-order valence-corrected chi connectivity index (χ3v) is 4.59. The molecule has 0 bridgehead atoms. The van der Waals surface area contributed by atoms with Crippen molar-refractivity contribution in [2.45, 2.75) is 13.5 Å². The second-order valence-electron chi connectivity index (χ2n) is 3.92. The summed E-state index contributed by atoms with van der Waals surface area (Å²) < 4.78 is 1.23. The molecule has 0 saturated heterocycles. The highest BCUT2D eigenvalue weighted by molar-refractivity contribution is 7.22. The molecule has 2 nitrogen and oxygen atoms in total. The number of thiophene rings is 1. The number of nitrogens with one attached hydrogen (secondary N) is 1. The van der Waals surface area contributed by atoms with Crippen molar-refractivity contribution in [3.63, 3.8) is 0 Å². The summed E-state index contributed by atoms with van der Waals surface area (Å²) in [6.07, 6.45) is 0. The Hall–Kier alpha value is -1.39. The summed E-state index contributed by atoms with van der Waals surface area (Å²) in [4.78, 5) is 4.55. The van der Waals surface area contributed by atoms with E-state index in [9.17, 15) is 0 Å². The van der Waals surface area contributed by atoms with Crippen LogP contribution in [0.25, 0.3) is 10.2 Å². The predicted octanol–water partition coefficient (Wildman–Crippen LogP) is 4.28. The molecule has 2 aromatic heterocycles. The fraction of sp³-hybridized carbons (Fsp3) is 0.154. The minimum atomic E-state index is 0.856. The first kappa shape index (κ1) is 10.7. The molecule has 1 aromatic carbocycles. The number of aromatic nitrogens is 1. The molecule has 0 atom stereocenters. The number of hydrogen-bond acceptors (Lipinski definition) is 4. The number of rotatable bonds is 3. The van der Waals surface area contributed by atoms with Crippen LogP contribution in [-0.2, 0) is 6.54 Å². The molecule has 1 N–H and O–H groups in total. The maximum Gasteiger partial charge on any atom is 0.184 e. The van der Waals surface area contributed by atoms with E-state index in [1.54, 1.807) is 22.7 Å². The fourth-order valence-electron chi connectivity index (χ4n) is 1.69. The lowest BCUT2D eigenvalue weighted by Crippen LogP contribution is -1.98. The Morgan fingerprint density at radius 3 is 2.88 bits per heavy atom. The summed E-state index contributed by atoms with van der Waals surface area (Å²) in [6.45, 7) is 3.00. The molecule has 0 radical (unpaired) electrons. The highest BCUT2D eigenvalue weighted by atomic mass is 32.1. The molecule has 0 amide bonds. The maximum atomic E-state index is 4.55. The summed E-state index contributed by atoms with van der Waals surface area (Å²) in [5.41, 5.74) is 3.78. The molecule has 17 heavy (non-hydrogen) atoms. The van der Waals surface area contributed by atoms with Crippen molar-refractivity contribution in [3.05, 3.63) is 46.2 Å². The lowest BCUT2D eigenvalue weighted by molar-refractivity contribution is 1.13. The van der Waals surface area contributed by atoms with E-state index in [0.29, 0.717) is 0 Å². The van der Waals surface area contributed by atoms with Gasteiger partial charge >= 0.3 is 0 Å². The van der Waals surface area contributed by atoms with Crippen molar-refractivity contribution < 1.29 is 0 Å². The zero-order valence-corrected chi connectivity index (χ0v) is 11.1. The lowest BCUT2D eigenvalue weighted by atomic mass is 10.2. The van der Waals surface area contributed by atoms with Gasteiger partial charge in [0.25, 0.3) is 0 Å². The van der Waals surface area contributed by atoms with E-state index in [1.807, 2.05) is 18.2 Å². The van der Waals surface area contributed by atoms with E-state index in [-0.39, 0.29) is 0 Å². The number of aryl methyl sites for hydroxylation is 1. The second kappa shape index (κ2) is 4.47. The van der Waals surface area contributed by atoms with Crippen LogP contribution in [-0.4, -0.2) is 4.98 Å². The number of fused-ring (bicyclic) bond motifs is 1. The Morgan fingerprint density at radius 1 is 1.24 bits per heavy atom. The summed E-state index contributed by atoms with van der Waals surface area (Å²) in [5, 5.41) is 8.75. The van der Waals surface area contributed by atoms with Gasteiger partial charge in [-0.2, -0.15) is 11.3 Å². The van der Waals surface area contributed by atoms with Gasteiger partial charge in [0.1, 0.15) is 0 Å². The number of nitrogens with zero attached hydrogens (tertiary/aromatic N) is 1. The third kappa shape index (κ3) is 2.18. The molecule has 3 rings (SSSR count). The van der Waals surface area contributed by atoms with Crippen LogP contribution in [0.4, 0.5) is 5.13 Å². The molecule has 0 saturated carbocycles. The highest BCUT2D eigenvalue weighted by Crippen LogP contribution is 2.26. The van der Waals surface area contributed by atoms with Crippen LogP contribution in [0.1, 0.15) is 11.1 Å². The van der Waals surface area contributed by atoms with Gasteiger partial charge in [0.2, 0.25) is 0 Å². The Bertz CT molecular complexity index is 606. The number of para-hydroxylation sites is 1. The first-order valence-electron chi connectivity index (χ1n) is 5.44. The van der Waals surface area contributed by atoms with Crippen LogP contribution in [0.5, 0.6) is 0 Å². The van der Waals surface area contributed by atoms with Crippen LogP contribution in [0.15, 0.2) is 35.0 Å². The number of benzene rings is 1. The first-order chi connectivity index (χ1) is 8.33. The minimum absolute atomic E-state index is 0.856. The number of thiazole rings is 1. The van der Waals surface area contributed by atoms with Crippen molar-refractivity contribution in [2.75, 3.05) is 5.32 Å². The zero-order chi connectivity index (χ0) is 11.7. The van der Waals surface area contributed by atoms with Gasteiger partial charge in [-0.1, -0.05) is 23.5 Å². The molecular formula is C13H12N2S2. The maximum absolute atomic E-state index is 4.55. The number of hydrogen-bond donors (Lipinski definition) is 1. The van der Waals surface area contributed by atoms with Crippen LogP contribution >= 0.6 is 22.7 Å². The summed E-state index contributed by atoms with van der Waals surface area (Å²) in [7, 11) is 0. The van der Waals surface area contributed by atoms with Crippen molar-refractivity contribution >= 4 is 38.0 Å². The highest BCUT2D eigenvalue weighted by Gasteiger charge is 2.03. The van der Waals surface area contributed by atoms with Gasteiger partial charge in [0, 0.05) is 6.54 Å². The second-order valence-corrected chi connectivity index (χ2v) is 5.69. The quantitative estimate of drug-likeness (QED) is 0.760. The van der Waals surface area contributed by atoms with Crippen LogP contribution in [0, 0.1) is 6.92 Å². The van der Waals surface area contributed by atoms with E-state index in [4.69, 9.17) is 0 Å². The fourth-order valence-corrected chi connectivity index (χ4v) is 3.41. The monoisotopic (exact) mass is 260 g/mol. The van der Waals surface area contributed by atoms with Gasteiger partial charge in [0.05, 0.1) is 10.2 Å². The number of anilines is 1. The Labute approximate surface area is 108 Å². The molecule has 0 fully saturated rings.